The van der Waals surface area contributed by atoms with Gasteiger partial charge in [0.05, 0.1) is 0 Å². The molecule has 230 valence electrons. The zero-order valence-corrected chi connectivity index (χ0v) is 24.5. The average molecular weight is 592 g/mol. The van der Waals surface area contributed by atoms with Gasteiger partial charge in [-0.2, -0.15) is 0 Å². The molecule has 0 saturated heterocycles. The van der Waals surface area contributed by atoms with E-state index in [1.165, 1.54) is 6.08 Å². The molecule has 3 atom stereocenters. The van der Waals surface area contributed by atoms with E-state index in [0.29, 0.717) is 24.7 Å². The normalized spacial score (nSPS) is 13.0. The molecule has 0 aliphatic rings. The van der Waals surface area contributed by atoms with Crippen LogP contribution in [0.25, 0.3) is 6.08 Å². The van der Waals surface area contributed by atoms with Crippen LogP contribution in [0.4, 0.5) is 0 Å². The molecule has 12 heteroatoms. The van der Waals surface area contributed by atoms with E-state index in [1.807, 2.05) is 44.2 Å². The number of carbonyl (C=O) groups excluding carboxylic acids is 5. The first-order valence-electron chi connectivity index (χ1n) is 14.0. The number of primary amides is 1. The topological polar surface area (TPSA) is 212 Å². The first kappa shape index (κ1) is 34.2. The van der Waals surface area contributed by atoms with Gasteiger partial charge < -0.3 is 33.2 Å². The standard InChI is InChI=1S/C31H41N7O5/c1-20(2)18-25(27(32)40)37-29(42)24(11-6-16-35-31(33)34)36-30(43)26(19-22-8-4-3-5-9-22)38-28(41)23-14-12-21(13-15-23)10-7-17-39/h3-5,7-10,12-15,17,20,24-26H,6,11,16,18-19H2,1-2H3,(H2,32,40)(H,36,43)(H,37,42)(H,38,41)(H4,33,34,35)/t24-,25-,26-/m0/s1. The maximum Gasteiger partial charge on any atom is 0.251 e. The minimum Gasteiger partial charge on any atom is -0.370 e. The van der Waals surface area contributed by atoms with Crippen LogP contribution in [0, 0.1) is 5.92 Å². The van der Waals surface area contributed by atoms with Gasteiger partial charge in [0.15, 0.2) is 5.96 Å². The number of aldehydes is 1. The summed E-state index contributed by atoms with van der Waals surface area (Å²) in [6.45, 7) is 4.00. The van der Waals surface area contributed by atoms with Crippen LogP contribution in [-0.2, 0) is 25.6 Å². The second-order valence-corrected chi connectivity index (χ2v) is 10.4. The summed E-state index contributed by atoms with van der Waals surface area (Å²) in [6.07, 6.45) is 4.58. The molecule has 0 aliphatic heterocycles. The van der Waals surface area contributed by atoms with Crippen LogP contribution >= 0.6 is 0 Å². The van der Waals surface area contributed by atoms with Crippen LogP contribution in [0.1, 0.15) is 54.6 Å². The van der Waals surface area contributed by atoms with Crippen molar-refractivity contribution >= 4 is 42.0 Å². The predicted molar refractivity (Wildman–Crippen MR) is 165 cm³/mol. The Labute approximate surface area is 251 Å². The van der Waals surface area contributed by atoms with Crippen molar-refractivity contribution in [3.05, 3.63) is 77.4 Å². The highest BCUT2D eigenvalue weighted by molar-refractivity contribution is 5.99. The van der Waals surface area contributed by atoms with Gasteiger partial charge in [0, 0.05) is 18.5 Å². The van der Waals surface area contributed by atoms with Crippen molar-refractivity contribution in [3.63, 3.8) is 0 Å². The minimum absolute atomic E-state index is 0.0771. The van der Waals surface area contributed by atoms with Gasteiger partial charge in [-0.1, -0.05) is 62.4 Å². The number of guanidine groups is 1. The second-order valence-electron chi connectivity index (χ2n) is 10.4. The summed E-state index contributed by atoms with van der Waals surface area (Å²) < 4.78 is 0. The highest BCUT2D eigenvalue weighted by Gasteiger charge is 2.29. The highest BCUT2D eigenvalue weighted by atomic mass is 16.2. The minimum atomic E-state index is -1.06. The van der Waals surface area contributed by atoms with Crippen molar-refractivity contribution < 1.29 is 24.0 Å². The van der Waals surface area contributed by atoms with Crippen LogP contribution in [0.3, 0.4) is 0 Å². The molecular formula is C31H41N7O5. The number of hydrogen-bond donors (Lipinski definition) is 6. The number of nitrogens with zero attached hydrogens (tertiary/aromatic N) is 1. The number of rotatable bonds is 17. The number of allylic oxidation sites excluding steroid dienone is 1. The zero-order chi connectivity index (χ0) is 31.8. The number of amides is 4. The average Bonchev–Trinajstić information content (AvgIpc) is 2.97. The SMILES string of the molecule is CC(C)C[C@H](NC(=O)[C@H](CCCN=C(N)N)NC(=O)[C@H](Cc1ccccc1)NC(=O)c1ccc(C=CC=O)cc1)C(N)=O. The molecule has 2 aromatic carbocycles. The van der Waals surface area contributed by atoms with Crippen LogP contribution in [0.2, 0.25) is 0 Å². The lowest BCUT2D eigenvalue weighted by Crippen LogP contribution is -2.57. The van der Waals surface area contributed by atoms with Crippen molar-refractivity contribution in [3.8, 4) is 0 Å². The quantitative estimate of drug-likeness (QED) is 0.0511. The molecule has 9 N–H and O–H groups in total. The fourth-order valence-electron chi connectivity index (χ4n) is 4.23. The van der Waals surface area contributed by atoms with E-state index in [0.717, 1.165) is 11.1 Å². The molecule has 0 radical (unpaired) electrons. The van der Waals surface area contributed by atoms with E-state index < -0.39 is 41.8 Å². The van der Waals surface area contributed by atoms with Gasteiger partial charge >= 0.3 is 0 Å². The fraction of sp³-hybridized carbons (Fsp3) is 0.355. The number of nitrogens with one attached hydrogen (secondary N) is 3. The largest absolute Gasteiger partial charge is 0.370 e. The molecule has 0 unspecified atom stereocenters. The molecule has 0 saturated carbocycles. The lowest BCUT2D eigenvalue weighted by molar-refractivity contribution is -0.132. The number of aliphatic imine (C=N–C) groups is 1. The third kappa shape index (κ3) is 12.6. The van der Waals surface area contributed by atoms with Crippen molar-refractivity contribution in [1.29, 1.82) is 0 Å². The second kappa shape index (κ2) is 17.7. The molecule has 43 heavy (non-hydrogen) atoms. The predicted octanol–water partition coefficient (Wildman–Crippen LogP) is 0.794. The smallest absolute Gasteiger partial charge is 0.251 e. The monoisotopic (exact) mass is 591 g/mol. The number of carbonyl (C=O) groups is 5. The molecule has 0 spiro atoms. The van der Waals surface area contributed by atoms with E-state index in [2.05, 4.69) is 20.9 Å². The summed E-state index contributed by atoms with van der Waals surface area (Å²) in [5, 5.41) is 8.16. The van der Waals surface area contributed by atoms with Crippen LogP contribution in [0.15, 0.2) is 65.7 Å². The summed E-state index contributed by atoms with van der Waals surface area (Å²) in [5.74, 6) is -2.39. The van der Waals surface area contributed by atoms with Crippen molar-refractivity contribution in [1.82, 2.24) is 16.0 Å². The molecule has 2 aromatic rings. The van der Waals surface area contributed by atoms with E-state index in [9.17, 15) is 24.0 Å². The maximum absolute atomic E-state index is 13.6. The fourth-order valence-corrected chi connectivity index (χ4v) is 4.23. The molecule has 0 heterocycles. The van der Waals surface area contributed by atoms with Crippen LogP contribution < -0.4 is 33.2 Å². The van der Waals surface area contributed by atoms with Gasteiger partial charge in [0.25, 0.3) is 5.91 Å². The third-order valence-electron chi connectivity index (χ3n) is 6.39. The van der Waals surface area contributed by atoms with Crippen molar-refractivity contribution in [2.75, 3.05) is 6.54 Å². The Morgan fingerprint density at radius 1 is 0.837 bits per heavy atom. The highest BCUT2D eigenvalue weighted by Crippen LogP contribution is 2.10. The molecule has 2 rings (SSSR count). The lowest BCUT2D eigenvalue weighted by atomic mass is 10.0. The maximum atomic E-state index is 13.6. The summed E-state index contributed by atoms with van der Waals surface area (Å²) in [6, 6.07) is 12.6. The van der Waals surface area contributed by atoms with Crippen LogP contribution in [-0.4, -0.2) is 60.5 Å². The van der Waals surface area contributed by atoms with E-state index in [1.54, 1.807) is 30.3 Å². The number of nitrogens with two attached hydrogens (primary N) is 3. The summed E-state index contributed by atoms with van der Waals surface area (Å²) in [4.78, 5) is 66.6. The molecule has 0 aromatic heterocycles. The van der Waals surface area contributed by atoms with Gasteiger partial charge in [0.1, 0.15) is 24.4 Å². The zero-order valence-electron chi connectivity index (χ0n) is 24.5. The van der Waals surface area contributed by atoms with Gasteiger partial charge in [-0.15, -0.1) is 0 Å². The molecule has 0 fully saturated rings. The van der Waals surface area contributed by atoms with E-state index in [4.69, 9.17) is 17.2 Å². The van der Waals surface area contributed by atoms with Crippen molar-refractivity contribution in [2.24, 2.45) is 28.1 Å². The molecular weight excluding hydrogens is 550 g/mol. The molecule has 0 bridgehead atoms. The first-order valence-corrected chi connectivity index (χ1v) is 14.0. The Kier molecular flexibility index (Phi) is 14.1. The Bertz CT molecular complexity index is 1290. The Morgan fingerprint density at radius 2 is 1.47 bits per heavy atom. The lowest BCUT2D eigenvalue weighted by Gasteiger charge is -2.25. The van der Waals surface area contributed by atoms with Gasteiger partial charge in [-0.25, -0.2) is 0 Å². The molecule has 4 amide bonds. The third-order valence-corrected chi connectivity index (χ3v) is 6.39. The van der Waals surface area contributed by atoms with E-state index >= 15 is 0 Å². The Morgan fingerprint density at radius 3 is 2.05 bits per heavy atom. The Hall–Kier alpha value is -5.00. The summed E-state index contributed by atoms with van der Waals surface area (Å²) in [5.41, 5.74) is 18.1. The number of benzene rings is 2. The molecule has 12 nitrogen and oxygen atoms in total. The van der Waals surface area contributed by atoms with Crippen LogP contribution in [0.5, 0.6) is 0 Å². The summed E-state index contributed by atoms with van der Waals surface area (Å²) in [7, 11) is 0. The van der Waals surface area contributed by atoms with Gasteiger partial charge in [-0.05, 0) is 54.5 Å². The first-order chi connectivity index (χ1) is 20.5. The van der Waals surface area contributed by atoms with Gasteiger partial charge in [-0.3, -0.25) is 29.0 Å². The van der Waals surface area contributed by atoms with Gasteiger partial charge in [0.2, 0.25) is 17.7 Å². The molecule has 0 aliphatic carbocycles. The Balaban J connectivity index is 2.29. The van der Waals surface area contributed by atoms with Crippen molar-refractivity contribution in [2.45, 2.75) is 57.7 Å². The number of hydrogen-bond acceptors (Lipinski definition) is 6. The van der Waals surface area contributed by atoms with E-state index in [-0.39, 0.29) is 31.3 Å². The summed E-state index contributed by atoms with van der Waals surface area (Å²) >= 11 is 0.